The van der Waals surface area contributed by atoms with Crippen molar-refractivity contribution in [1.82, 2.24) is 0 Å². The number of ketones is 1. The second-order valence-corrected chi connectivity index (χ2v) is 6.61. The third-order valence-corrected chi connectivity index (χ3v) is 4.78. The maximum absolute atomic E-state index is 12.1. The highest BCUT2D eigenvalue weighted by Crippen LogP contribution is 2.19. The van der Waals surface area contributed by atoms with Crippen molar-refractivity contribution in [2.45, 2.75) is 25.7 Å². The van der Waals surface area contributed by atoms with Gasteiger partial charge in [0.15, 0.2) is 0 Å². The Hall–Kier alpha value is -2.20. The summed E-state index contributed by atoms with van der Waals surface area (Å²) in [6, 6.07) is 16.9. The van der Waals surface area contributed by atoms with Crippen LogP contribution in [0.5, 0.6) is 0 Å². The van der Waals surface area contributed by atoms with Crippen LogP contribution in [0.1, 0.15) is 24.0 Å². The van der Waals surface area contributed by atoms with Crippen LogP contribution in [-0.2, 0) is 17.6 Å². The molecule has 0 saturated heterocycles. The average Bonchev–Trinajstić information content (AvgIpc) is 2.59. The van der Waals surface area contributed by atoms with E-state index >= 15 is 0 Å². The van der Waals surface area contributed by atoms with E-state index < -0.39 is 0 Å². The zero-order chi connectivity index (χ0) is 16.9. The molecule has 0 radical (unpaired) electrons. The maximum atomic E-state index is 12.1. The lowest BCUT2D eigenvalue weighted by Gasteiger charge is -2.05. The fourth-order valence-electron chi connectivity index (χ4n) is 2.64. The monoisotopic (exact) mass is 384 g/mol. The molecule has 0 unspecified atom stereocenters. The van der Waals surface area contributed by atoms with E-state index in [0.29, 0.717) is 24.8 Å². The summed E-state index contributed by atoms with van der Waals surface area (Å²) in [5.41, 5.74) is 2.37. The van der Waals surface area contributed by atoms with E-state index in [1.54, 1.807) is 6.07 Å². The summed E-state index contributed by atoms with van der Waals surface area (Å²) in [7, 11) is 0. The van der Waals surface area contributed by atoms with Crippen molar-refractivity contribution in [2.75, 3.05) is 0 Å². The molecule has 0 spiro atoms. The van der Waals surface area contributed by atoms with Crippen LogP contribution in [0.25, 0.3) is 11.0 Å². The van der Waals surface area contributed by atoms with E-state index in [-0.39, 0.29) is 11.4 Å². The van der Waals surface area contributed by atoms with Gasteiger partial charge in [-0.25, -0.2) is 4.79 Å². The zero-order valence-electron chi connectivity index (χ0n) is 13.1. The van der Waals surface area contributed by atoms with Gasteiger partial charge < -0.3 is 4.42 Å². The summed E-state index contributed by atoms with van der Waals surface area (Å²) in [4.78, 5) is 23.4. The Labute approximate surface area is 148 Å². The van der Waals surface area contributed by atoms with Crippen LogP contribution in [0.2, 0.25) is 0 Å². The first-order valence-electron chi connectivity index (χ1n) is 7.90. The van der Waals surface area contributed by atoms with Crippen LogP contribution in [0.3, 0.4) is 0 Å². The molecule has 0 amide bonds. The summed E-state index contributed by atoms with van der Waals surface area (Å²) in [5.74, 6) is 0.236. The quantitative estimate of drug-likeness (QED) is 0.579. The van der Waals surface area contributed by atoms with Crippen molar-refractivity contribution >= 4 is 32.7 Å². The smallest absolute Gasteiger partial charge is 0.336 e. The lowest BCUT2D eigenvalue weighted by Crippen LogP contribution is -2.03. The fourth-order valence-corrected chi connectivity index (χ4v) is 3.13. The Morgan fingerprint density at radius 2 is 1.71 bits per heavy atom. The minimum absolute atomic E-state index is 0.236. The second-order valence-electron chi connectivity index (χ2n) is 5.76. The van der Waals surface area contributed by atoms with Gasteiger partial charge in [0.1, 0.15) is 11.4 Å². The van der Waals surface area contributed by atoms with E-state index in [1.165, 1.54) is 6.07 Å². The third-order valence-electron chi connectivity index (χ3n) is 4.01. The van der Waals surface area contributed by atoms with Crippen molar-refractivity contribution < 1.29 is 9.21 Å². The Morgan fingerprint density at radius 3 is 2.54 bits per heavy atom. The Kier molecular flexibility index (Phi) is 5.26. The highest BCUT2D eigenvalue weighted by molar-refractivity contribution is 9.10. The van der Waals surface area contributed by atoms with Gasteiger partial charge in [-0.2, -0.15) is 0 Å². The summed E-state index contributed by atoms with van der Waals surface area (Å²) in [6.07, 6.45) is 2.43. The molecule has 1 aromatic heterocycles. The van der Waals surface area contributed by atoms with Gasteiger partial charge in [0.25, 0.3) is 0 Å². The largest absolute Gasteiger partial charge is 0.423 e. The molecule has 122 valence electrons. The number of aryl methyl sites for hydroxylation is 2. The summed E-state index contributed by atoms with van der Waals surface area (Å²) in [6.45, 7) is 0. The van der Waals surface area contributed by atoms with Crippen LogP contribution < -0.4 is 5.63 Å². The van der Waals surface area contributed by atoms with E-state index in [2.05, 4.69) is 15.9 Å². The Balaban J connectivity index is 1.58. The molecular formula is C20H17BrO3. The van der Waals surface area contributed by atoms with Crippen LogP contribution in [0, 0.1) is 0 Å². The molecule has 4 heteroatoms. The van der Waals surface area contributed by atoms with Crippen LogP contribution in [0.15, 0.2) is 68.3 Å². The number of Topliss-reactive ketones (excluding diaryl/α,β-unsaturated/α-hetero) is 1. The predicted octanol–water partition coefficient (Wildman–Crippen LogP) is 4.69. The minimum Gasteiger partial charge on any atom is -0.423 e. The molecule has 0 aliphatic heterocycles. The molecule has 0 aliphatic carbocycles. The molecule has 0 fully saturated rings. The van der Waals surface area contributed by atoms with E-state index in [1.807, 2.05) is 42.5 Å². The van der Waals surface area contributed by atoms with Gasteiger partial charge in [0.05, 0.1) is 0 Å². The average molecular weight is 385 g/mol. The van der Waals surface area contributed by atoms with Gasteiger partial charge in [-0.3, -0.25) is 4.79 Å². The van der Waals surface area contributed by atoms with Crippen molar-refractivity contribution in [3.63, 3.8) is 0 Å². The standard InChI is InChI=1S/C20H17BrO3/c21-18-4-2-1-3-15(18)8-11-17(22)10-6-14-5-7-16-9-12-20(23)24-19(16)13-14/h1-5,7,9,12-13H,6,8,10-11H2. The van der Waals surface area contributed by atoms with Crippen molar-refractivity contribution in [2.24, 2.45) is 0 Å². The number of hydrogen-bond acceptors (Lipinski definition) is 3. The third kappa shape index (κ3) is 4.20. The number of carbonyl (C=O) groups excluding carboxylic acids is 1. The number of benzene rings is 2. The SMILES string of the molecule is O=C(CCc1ccc2ccc(=O)oc2c1)CCc1ccccc1Br. The molecule has 1 heterocycles. The molecule has 0 aliphatic rings. The number of halogens is 1. The molecule has 0 atom stereocenters. The van der Waals surface area contributed by atoms with Gasteiger partial charge in [-0.1, -0.05) is 46.3 Å². The highest BCUT2D eigenvalue weighted by atomic mass is 79.9. The van der Waals surface area contributed by atoms with Crippen LogP contribution in [-0.4, -0.2) is 5.78 Å². The Bertz CT molecular complexity index is 927. The van der Waals surface area contributed by atoms with Crippen LogP contribution >= 0.6 is 15.9 Å². The predicted molar refractivity (Wildman–Crippen MR) is 98.3 cm³/mol. The topological polar surface area (TPSA) is 47.3 Å². The molecule has 3 rings (SSSR count). The summed E-state index contributed by atoms with van der Waals surface area (Å²) < 4.78 is 6.23. The molecule has 3 aromatic rings. The molecular weight excluding hydrogens is 368 g/mol. The van der Waals surface area contributed by atoms with E-state index in [9.17, 15) is 9.59 Å². The van der Waals surface area contributed by atoms with Gasteiger partial charge in [0, 0.05) is 28.8 Å². The number of fused-ring (bicyclic) bond motifs is 1. The molecule has 0 saturated carbocycles. The first kappa shape index (κ1) is 16.7. The summed E-state index contributed by atoms with van der Waals surface area (Å²) in [5, 5.41) is 0.888. The minimum atomic E-state index is -0.357. The highest BCUT2D eigenvalue weighted by Gasteiger charge is 2.07. The maximum Gasteiger partial charge on any atom is 0.336 e. The molecule has 2 aromatic carbocycles. The van der Waals surface area contributed by atoms with Gasteiger partial charge in [-0.05, 0) is 42.2 Å². The van der Waals surface area contributed by atoms with Gasteiger partial charge in [0.2, 0.25) is 0 Å². The lowest BCUT2D eigenvalue weighted by atomic mass is 10.0. The van der Waals surface area contributed by atoms with Crippen molar-refractivity contribution in [3.05, 3.63) is 80.6 Å². The van der Waals surface area contributed by atoms with Gasteiger partial charge in [-0.15, -0.1) is 0 Å². The Morgan fingerprint density at radius 1 is 0.958 bits per heavy atom. The van der Waals surface area contributed by atoms with Crippen molar-refractivity contribution in [3.8, 4) is 0 Å². The zero-order valence-corrected chi connectivity index (χ0v) is 14.7. The molecule has 0 N–H and O–H groups in total. The number of hydrogen-bond donors (Lipinski definition) is 0. The first-order valence-corrected chi connectivity index (χ1v) is 8.69. The number of rotatable bonds is 6. The summed E-state index contributed by atoms with van der Waals surface area (Å²) >= 11 is 3.50. The van der Waals surface area contributed by atoms with Crippen LogP contribution in [0.4, 0.5) is 0 Å². The van der Waals surface area contributed by atoms with E-state index in [0.717, 1.165) is 27.4 Å². The molecule has 3 nitrogen and oxygen atoms in total. The second kappa shape index (κ2) is 7.58. The lowest BCUT2D eigenvalue weighted by molar-refractivity contribution is -0.119. The van der Waals surface area contributed by atoms with Crippen molar-refractivity contribution in [1.29, 1.82) is 0 Å². The normalized spacial score (nSPS) is 10.9. The fraction of sp³-hybridized carbons (Fsp3) is 0.200. The first-order chi connectivity index (χ1) is 11.6. The molecule has 0 bridgehead atoms. The molecule has 24 heavy (non-hydrogen) atoms. The number of carbonyl (C=O) groups is 1. The van der Waals surface area contributed by atoms with E-state index in [4.69, 9.17) is 4.42 Å². The van der Waals surface area contributed by atoms with Gasteiger partial charge >= 0.3 is 5.63 Å².